The first-order valence-electron chi connectivity index (χ1n) is 8.28. The van der Waals surface area contributed by atoms with Crippen molar-refractivity contribution in [3.63, 3.8) is 0 Å². The van der Waals surface area contributed by atoms with Crippen LogP contribution in [0.5, 0.6) is 0 Å². The van der Waals surface area contributed by atoms with Gasteiger partial charge in [-0.25, -0.2) is 4.99 Å². The first-order chi connectivity index (χ1) is 11.2. The molecule has 23 heavy (non-hydrogen) atoms. The maximum Gasteiger partial charge on any atom is 0.244 e. The molecule has 1 aliphatic heterocycles. The zero-order valence-electron chi connectivity index (χ0n) is 14.0. The van der Waals surface area contributed by atoms with E-state index in [4.69, 9.17) is 4.52 Å². The van der Waals surface area contributed by atoms with Gasteiger partial charge in [-0.3, -0.25) is 4.79 Å². The Morgan fingerprint density at radius 3 is 2.78 bits per heavy atom. The highest BCUT2D eigenvalue weighted by Crippen LogP contribution is 2.07. The molecule has 8 heteroatoms. The Morgan fingerprint density at radius 1 is 1.35 bits per heavy atom. The average molecular weight is 322 g/mol. The standard InChI is InChI=1S/C15H26N6O2/c1-3-16-15(18-11-14(22)21-9-4-5-10-21)17-8-6-7-13-19-12(2)20-23-13/h3-11H2,1-2H3,(H2,16,17,18). The number of hydrogen-bond donors (Lipinski definition) is 2. The summed E-state index contributed by atoms with van der Waals surface area (Å²) in [5.74, 6) is 2.07. The van der Waals surface area contributed by atoms with Crippen molar-refractivity contribution >= 4 is 11.9 Å². The van der Waals surface area contributed by atoms with Crippen LogP contribution in [-0.4, -0.2) is 59.6 Å². The van der Waals surface area contributed by atoms with Crippen molar-refractivity contribution in [1.82, 2.24) is 25.7 Å². The van der Waals surface area contributed by atoms with E-state index in [2.05, 4.69) is 25.8 Å². The normalized spacial score (nSPS) is 15.0. The molecular formula is C15H26N6O2. The zero-order chi connectivity index (χ0) is 16.5. The highest BCUT2D eigenvalue weighted by molar-refractivity contribution is 5.85. The number of amides is 1. The van der Waals surface area contributed by atoms with Crippen LogP contribution in [-0.2, 0) is 11.2 Å². The van der Waals surface area contributed by atoms with Crippen LogP contribution < -0.4 is 10.6 Å². The lowest BCUT2D eigenvalue weighted by Crippen LogP contribution is -2.39. The molecule has 8 nitrogen and oxygen atoms in total. The summed E-state index contributed by atoms with van der Waals surface area (Å²) in [6, 6.07) is 0. The lowest BCUT2D eigenvalue weighted by molar-refractivity contribution is -0.128. The summed E-state index contributed by atoms with van der Waals surface area (Å²) < 4.78 is 5.07. The summed E-state index contributed by atoms with van der Waals surface area (Å²) in [5.41, 5.74) is 0. The van der Waals surface area contributed by atoms with Crippen molar-refractivity contribution in [1.29, 1.82) is 0 Å². The van der Waals surface area contributed by atoms with E-state index < -0.39 is 0 Å². The largest absolute Gasteiger partial charge is 0.357 e. The van der Waals surface area contributed by atoms with Crippen LogP contribution in [0.2, 0.25) is 0 Å². The van der Waals surface area contributed by atoms with Crippen molar-refractivity contribution < 1.29 is 9.32 Å². The Morgan fingerprint density at radius 2 is 2.13 bits per heavy atom. The Labute approximate surface area is 136 Å². The SMILES string of the molecule is CCNC(=NCC(=O)N1CCCC1)NCCCc1nc(C)no1. The number of hydrogen-bond acceptors (Lipinski definition) is 5. The van der Waals surface area contributed by atoms with Gasteiger partial charge < -0.3 is 20.1 Å². The molecule has 1 aliphatic rings. The third-order valence-electron chi connectivity index (χ3n) is 3.60. The summed E-state index contributed by atoms with van der Waals surface area (Å²) in [4.78, 5) is 22.4. The highest BCUT2D eigenvalue weighted by Gasteiger charge is 2.17. The number of aromatic nitrogens is 2. The van der Waals surface area contributed by atoms with Gasteiger partial charge in [0.2, 0.25) is 11.8 Å². The summed E-state index contributed by atoms with van der Waals surface area (Å²) in [5, 5.41) is 10.1. The number of rotatable bonds is 7. The molecule has 2 rings (SSSR count). The van der Waals surface area contributed by atoms with Gasteiger partial charge >= 0.3 is 0 Å². The van der Waals surface area contributed by atoms with Gasteiger partial charge in [0.1, 0.15) is 6.54 Å². The predicted molar refractivity (Wildman–Crippen MR) is 87.2 cm³/mol. The Hall–Kier alpha value is -2.12. The van der Waals surface area contributed by atoms with Gasteiger partial charge in [0.05, 0.1) is 0 Å². The lowest BCUT2D eigenvalue weighted by Gasteiger charge is -2.15. The minimum atomic E-state index is 0.0982. The number of nitrogens with one attached hydrogen (secondary N) is 2. The molecule has 128 valence electrons. The number of likely N-dealkylation sites (tertiary alicyclic amines) is 1. The van der Waals surface area contributed by atoms with E-state index in [0.29, 0.717) is 17.7 Å². The molecule has 1 saturated heterocycles. The minimum Gasteiger partial charge on any atom is -0.357 e. The van der Waals surface area contributed by atoms with Gasteiger partial charge in [0, 0.05) is 32.6 Å². The molecule has 2 N–H and O–H groups in total. The molecule has 1 fully saturated rings. The van der Waals surface area contributed by atoms with E-state index in [9.17, 15) is 4.79 Å². The second-order valence-corrected chi connectivity index (χ2v) is 5.55. The Bertz CT molecular complexity index is 522. The number of guanidine groups is 1. The van der Waals surface area contributed by atoms with Gasteiger partial charge in [-0.15, -0.1) is 0 Å². The summed E-state index contributed by atoms with van der Waals surface area (Å²) in [6.45, 7) is 7.21. The topological polar surface area (TPSA) is 95.7 Å². The first kappa shape index (κ1) is 17.2. The number of aryl methyl sites for hydroxylation is 2. The van der Waals surface area contributed by atoms with Crippen LogP contribution in [0.3, 0.4) is 0 Å². The third kappa shape index (κ3) is 5.88. The van der Waals surface area contributed by atoms with E-state index in [0.717, 1.165) is 51.9 Å². The van der Waals surface area contributed by atoms with Gasteiger partial charge in [-0.2, -0.15) is 4.98 Å². The summed E-state index contributed by atoms with van der Waals surface area (Å²) in [7, 11) is 0. The Kier molecular flexibility index (Phi) is 6.83. The van der Waals surface area contributed by atoms with E-state index in [1.165, 1.54) is 0 Å². The van der Waals surface area contributed by atoms with E-state index >= 15 is 0 Å². The maximum atomic E-state index is 12.0. The molecule has 0 atom stereocenters. The summed E-state index contributed by atoms with van der Waals surface area (Å²) >= 11 is 0. The molecule has 1 aromatic rings. The third-order valence-corrected chi connectivity index (χ3v) is 3.60. The highest BCUT2D eigenvalue weighted by atomic mass is 16.5. The fourth-order valence-corrected chi connectivity index (χ4v) is 2.44. The molecule has 1 aromatic heterocycles. The molecule has 0 aromatic carbocycles. The fraction of sp³-hybridized carbons (Fsp3) is 0.733. The van der Waals surface area contributed by atoms with Crippen LogP contribution in [0.1, 0.15) is 37.9 Å². The van der Waals surface area contributed by atoms with Crippen molar-refractivity contribution in [2.75, 3.05) is 32.7 Å². The predicted octanol–water partition coefficient (Wildman–Crippen LogP) is 0.488. The monoisotopic (exact) mass is 322 g/mol. The quantitative estimate of drug-likeness (QED) is 0.431. The second-order valence-electron chi connectivity index (χ2n) is 5.55. The number of aliphatic imine (C=N–C) groups is 1. The average Bonchev–Trinajstić information content (AvgIpc) is 3.20. The Balaban J connectivity index is 1.71. The lowest BCUT2D eigenvalue weighted by atomic mass is 10.3. The van der Waals surface area contributed by atoms with Gasteiger partial charge in [0.15, 0.2) is 11.8 Å². The van der Waals surface area contributed by atoms with E-state index in [1.807, 2.05) is 11.8 Å². The molecule has 0 bridgehead atoms. The van der Waals surface area contributed by atoms with Gasteiger partial charge in [-0.1, -0.05) is 5.16 Å². The minimum absolute atomic E-state index is 0.0982. The number of carbonyl (C=O) groups is 1. The molecule has 1 amide bonds. The first-order valence-corrected chi connectivity index (χ1v) is 8.28. The fourth-order valence-electron chi connectivity index (χ4n) is 2.44. The van der Waals surface area contributed by atoms with Crippen molar-refractivity contribution in [2.45, 2.75) is 39.5 Å². The van der Waals surface area contributed by atoms with Crippen molar-refractivity contribution in [3.8, 4) is 0 Å². The molecule has 0 aliphatic carbocycles. The smallest absolute Gasteiger partial charge is 0.244 e. The van der Waals surface area contributed by atoms with Crippen molar-refractivity contribution in [2.24, 2.45) is 4.99 Å². The number of nitrogens with zero attached hydrogens (tertiary/aromatic N) is 4. The van der Waals surface area contributed by atoms with Gasteiger partial charge in [0.25, 0.3) is 0 Å². The second kappa shape index (κ2) is 9.12. The molecular weight excluding hydrogens is 296 g/mol. The molecule has 0 unspecified atom stereocenters. The van der Waals surface area contributed by atoms with Crippen LogP contribution in [0, 0.1) is 6.92 Å². The van der Waals surface area contributed by atoms with E-state index in [1.54, 1.807) is 6.92 Å². The van der Waals surface area contributed by atoms with E-state index in [-0.39, 0.29) is 12.5 Å². The molecule has 0 radical (unpaired) electrons. The van der Waals surface area contributed by atoms with Crippen LogP contribution in [0.4, 0.5) is 0 Å². The molecule has 2 heterocycles. The zero-order valence-corrected chi connectivity index (χ0v) is 14.0. The van der Waals surface area contributed by atoms with Crippen molar-refractivity contribution in [3.05, 3.63) is 11.7 Å². The van der Waals surface area contributed by atoms with Crippen LogP contribution in [0.15, 0.2) is 9.52 Å². The van der Waals surface area contributed by atoms with Crippen LogP contribution >= 0.6 is 0 Å². The summed E-state index contributed by atoms with van der Waals surface area (Å²) in [6.07, 6.45) is 3.78. The maximum absolute atomic E-state index is 12.0. The van der Waals surface area contributed by atoms with Crippen LogP contribution in [0.25, 0.3) is 0 Å². The van der Waals surface area contributed by atoms with Gasteiger partial charge in [-0.05, 0) is 33.1 Å². The molecule has 0 saturated carbocycles. The molecule has 0 spiro atoms. The number of carbonyl (C=O) groups excluding carboxylic acids is 1.